The first kappa shape index (κ1) is 19.0. The van der Waals surface area contributed by atoms with E-state index < -0.39 is 28.3 Å². The quantitative estimate of drug-likeness (QED) is 0.656. The summed E-state index contributed by atoms with van der Waals surface area (Å²) < 4.78 is 41.0. The van der Waals surface area contributed by atoms with Gasteiger partial charge in [-0.1, -0.05) is 18.2 Å². The van der Waals surface area contributed by atoms with E-state index in [0.29, 0.717) is 0 Å². The fraction of sp³-hybridized carbons (Fsp3) is 0.111. The summed E-state index contributed by atoms with van der Waals surface area (Å²) in [5, 5.41) is 4.25. The van der Waals surface area contributed by atoms with Gasteiger partial charge in [0.05, 0.1) is 5.69 Å². The second kappa shape index (κ2) is 8.28. The summed E-state index contributed by atoms with van der Waals surface area (Å²) in [7, 11) is -4.07. The van der Waals surface area contributed by atoms with Gasteiger partial charge in [-0.2, -0.15) is 0 Å². The molecule has 0 bridgehead atoms. The summed E-state index contributed by atoms with van der Waals surface area (Å²) in [4.78, 5) is 16.3. The molecular weight excluding hydrogens is 389 g/mol. The summed E-state index contributed by atoms with van der Waals surface area (Å²) in [5.74, 6) is -1.27. The molecule has 0 aliphatic heterocycles. The van der Waals surface area contributed by atoms with E-state index in [4.69, 9.17) is 0 Å². The molecule has 27 heavy (non-hydrogen) atoms. The Hall–Kier alpha value is -2.78. The largest absolute Gasteiger partial charge is 0.350 e. The minimum Gasteiger partial charge on any atom is -0.350 e. The van der Waals surface area contributed by atoms with Crippen molar-refractivity contribution in [2.45, 2.75) is 10.8 Å². The van der Waals surface area contributed by atoms with Crippen molar-refractivity contribution in [2.24, 2.45) is 0 Å². The molecule has 0 unspecified atom stereocenters. The minimum atomic E-state index is -4.07. The number of rotatable bonds is 7. The number of hydrogen-bond acceptors (Lipinski definition) is 5. The average molecular weight is 405 g/mol. The Morgan fingerprint density at radius 2 is 1.85 bits per heavy atom. The van der Waals surface area contributed by atoms with Crippen molar-refractivity contribution in [2.75, 3.05) is 10.8 Å². The molecule has 2 heterocycles. The van der Waals surface area contributed by atoms with Crippen LogP contribution in [0.1, 0.15) is 5.56 Å². The van der Waals surface area contributed by atoms with Crippen LogP contribution >= 0.6 is 11.3 Å². The molecule has 1 amide bonds. The first-order chi connectivity index (χ1) is 13.0. The van der Waals surface area contributed by atoms with E-state index in [2.05, 4.69) is 10.3 Å². The average Bonchev–Trinajstić information content (AvgIpc) is 3.22. The number of nitrogens with one attached hydrogen (secondary N) is 1. The number of sulfonamides is 1. The van der Waals surface area contributed by atoms with E-state index in [0.717, 1.165) is 27.3 Å². The number of halogens is 1. The van der Waals surface area contributed by atoms with Crippen LogP contribution in [0.2, 0.25) is 0 Å². The maximum Gasteiger partial charge on any atom is 0.274 e. The lowest BCUT2D eigenvalue weighted by atomic mass is 10.2. The van der Waals surface area contributed by atoms with Crippen molar-refractivity contribution in [3.05, 3.63) is 77.7 Å². The Morgan fingerprint density at radius 3 is 2.52 bits per heavy atom. The van der Waals surface area contributed by atoms with Crippen LogP contribution in [-0.4, -0.2) is 25.9 Å². The van der Waals surface area contributed by atoms with Crippen LogP contribution in [-0.2, 0) is 21.4 Å². The molecular formula is C18H16FN3O3S2. The van der Waals surface area contributed by atoms with Crippen molar-refractivity contribution < 1.29 is 17.6 Å². The molecule has 0 atom stereocenters. The van der Waals surface area contributed by atoms with Crippen molar-refractivity contribution in [3.63, 3.8) is 0 Å². The predicted octanol–water partition coefficient (Wildman–Crippen LogP) is 2.79. The minimum absolute atomic E-state index is 0.0349. The van der Waals surface area contributed by atoms with Crippen molar-refractivity contribution in [1.82, 2.24) is 10.3 Å². The summed E-state index contributed by atoms with van der Waals surface area (Å²) >= 11 is 1.01. The number of carbonyl (C=O) groups is 1. The lowest BCUT2D eigenvalue weighted by Gasteiger charge is -2.23. The lowest BCUT2D eigenvalue weighted by Crippen LogP contribution is -2.40. The Kier molecular flexibility index (Phi) is 5.82. The molecule has 9 heteroatoms. The molecule has 3 aromatic rings. The number of pyridine rings is 1. The molecule has 0 spiro atoms. The maximum absolute atomic E-state index is 14.3. The van der Waals surface area contributed by atoms with Crippen LogP contribution in [0.15, 0.2) is 70.5 Å². The van der Waals surface area contributed by atoms with Crippen molar-refractivity contribution >= 4 is 33.0 Å². The monoisotopic (exact) mass is 405 g/mol. The second-order valence-corrected chi connectivity index (χ2v) is 8.56. The molecule has 1 N–H and O–H groups in total. The summed E-state index contributed by atoms with van der Waals surface area (Å²) in [6, 6.07) is 11.9. The molecule has 0 aliphatic carbocycles. The topological polar surface area (TPSA) is 79.4 Å². The van der Waals surface area contributed by atoms with Gasteiger partial charge >= 0.3 is 0 Å². The number of nitrogens with zero attached hydrogens (tertiary/aromatic N) is 2. The normalized spacial score (nSPS) is 11.1. The molecule has 140 valence electrons. The standard InChI is InChI=1S/C18H16FN3O3S2/c19-15-4-1-2-5-16(15)22(27(24,25)18-6-3-11-26-18)13-17(23)21-12-14-7-9-20-10-8-14/h1-11H,12-13H2,(H,21,23). The van der Waals surface area contributed by atoms with Gasteiger partial charge in [0.15, 0.2) is 0 Å². The molecule has 0 saturated carbocycles. The van der Waals surface area contributed by atoms with E-state index in [1.165, 1.54) is 24.3 Å². The zero-order valence-corrected chi connectivity index (χ0v) is 15.7. The predicted molar refractivity (Wildman–Crippen MR) is 101 cm³/mol. The fourth-order valence-corrected chi connectivity index (χ4v) is 4.89. The van der Waals surface area contributed by atoms with E-state index in [9.17, 15) is 17.6 Å². The van der Waals surface area contributed by atoms with E-state index in [1.807, 2.05) is 0 Å². The van der Waals surface area contributed by atoms with Crippen molar-refractivity contribution in [3.8, 4) is 0 Å². The number of hydrogen-bond donors (Lipinski definition) is 1. The van der Waals surface area contributed by atoms with Crippen LogP contribution < -0.4 is 9.62 Å². The second-order valence-electron chi connectivity index (χ2n) is 5.53. The van der Waals surface area contributed by atoms with Crippen LogP contribution in [0.3, 0.4) is 0 Å². The van der Waals surface area contributed by atoms with Gasteiger partial charge in [-0.25, -0.2) is 12.8 Å². The molecule has 0 radical (unpaired) electrons. The highest BCUT2D eigenvalue weighted by molar-refractivity contribution is 7.94. The van der Waals surface area contributed by atoms with Gasteiger partial charge in [0.25, 0.3) is 10.0 Å². The molecule has 6 nitrogen and oxygen atoms in total. The van der Waals surface area contributed by atoms with Crippen LogP contribution in [0.25, 0.3) is 0 Å². The first-order valence-electron chi connectivity index (χ1n) is 7.95. The third-order valence-electron chi connectivity index (χ3n) is 3.69. The van der Waals surface area contributed by atoms with Gasteiger partial charge in [-0.05, 0) is 41.3 Å². The summed E-state index contributed by atoms with van der Waals surface area (Å²) in [6.07, 6.45) is 3.18. The Labute approximate surface area is 160 Å². The molecule has 3 rings (SSSR count). The number of anilines is 1. The van der Waals surface area contributed by atoms with Crippen LogP contribution in [0.4, 0.5) is 10.1 Å². The van der Waals surface area contributed by atoms with Gasteiger partial charge in [0.1, 0.15) is 16.6 Å². The summed E-state index contributed by atoms with van der Waals surface area (Å²) in [6.45, 7) is -0.322. The number of carbonyl (C=O) groups excluding carboxylic acids is 1. The number of para-hydroxylation sites is 1. The number of aromatic nitrogens is 1. The van der Waals surface area contributed by atoms with Gasteiger partial charge in [0, 0.05) is 18.9 Å². The Balaban J connectivity index is 1.84. The van der Waals surface area contributed by atoms with Gasteiger partial charge in [0.2, 0.25) is 5.91 Å². The highest BCUT2D eigenvalue weighted by Gasteiger charge is 2.29. The first-order valence-corrected chi connectivity index (χ1v) is 10.3. The number of thiophene rings is 1. The smallest absolute Gasteiger partial charge is 0.274 e. The molecule has 0 fully saturated rings. The zero-order valence-electron chi connectivity index (χ0n) is 14.1. The third kappa shape index (κ3) is 4.50. The molecule has 1 aromatic carbocycles. The molecule has 0 saturated heterocycles. The van der Waals surface area contributed by atoms with Crippen LogP contribution in [0, 0.1) is 5.82 Å². The highest BCUT2D eigenvalue weighted by Crippen LogP contribution is 2.28. The van der Waals surface area contributed by atoms with Crippen molar-refractivity contribution in [1.29, 1.82) is 0 Å². The fourth-order valence-electron chi connectivity index (χ4n) is 2.36. The van der Waals surface area contributed by atoms with E-state index >= 15 is 0 Å². The molecule has 0 aliphatic rings. The summed E-state index contributed by atoms with van der Waals surface area (Å²) in [5.41, 5.74) is 0.641. The number of amides is 1. The number of benzene rings is 1. The van der Waals surface area contributed by atoms with E-state index in [1.54, 1.807) is 36.0 Å². The van der Waals surface area contributed by atoms with E-state index in [-0.39, 0.29) is 16.4 Å². The highest BCUT2D eigenvalue weighted by atomic mass is 32.2. The third-order valence-corrected chi connectivity index (χ3v) is 6.82. The molecule has 2 aromatic heterocycles. The van der Waals surface area contributed by atoms with Crippen LogP contribution in [0.5, 0.6) is 0 Å². The maximum atomic E-state index is 14.3. The zero-order chi connectivity index (χ0) is 19.3. The SMILES string of the molecule is O=C(CN(c1ccccc1F)S(=O)(=O)c1cccs1)NCc1ccncc1. The van der Waals surface area contributed by atoms with Gasteiger partial charge in [-0.15, -0.1) is 11.3 Å². The lowest BCUT2D eigenvalue weighted by molar-refractivity contribution is -0.119. The van der Waals surface area contributed by atoms with Gasteiger partial charge in [-0.3, -0.25) is 14.1 Å². The Bertz CT molecular complexity index is 1010. The Morgan fingerprint density at radius 1 is 1.11 bits per heavy atom. The van der Waals surface area contributed by atoms with Gasteiger partial charge < -0.3 is 5.32 Å².